The Balaban J connectivity index is 1.98. The number of hydrogen-bond acceptors (Lipinski definition) is 5. The summed E-state index contributed by atoms with van der Waals surface area (Å²) in [6, 6.07) is 0. The van der Waals surface area contributed by atoms with Gasteiger partial charge in [-0.3, -0.25) is 9.59 Å². The molecule has 0 fully saturated rings. The van der Waals surface area contributed by atoms with Crippen LogP contribution in [0.1, 0.15) is 6.92 Å². The summed E-state index contributed by atoms with van der Waals surface area (Å²) in [5.41, 5.74) is 0. The van der Waals surface area contributed by atoms with Gasteiger partial charge in [-0.25, -0.2) is 0 Å². The van der Waals surface area contributed by atoms with Crippen molar-refractivity contribution in [2.45, 2.75) is 13.2 Å². The van der Waals surface area contributed by atoms with Crippen molar-refractivity contribution in [1.82, 2.24) is 4.90 Å². The molecule has 0 bridgehead atoms. The molecular formula is C11H17NO5. The second-order valence-corrected chi connectivity index (χ2v) is 3.67. The van der Waals surface area contributed by atoms with Crippen molar-refractivity contribution in [2.24, 2.45) is 0 Å². The van der Waals surface area contributed by atoms with Gasteiger partial charge < -0.3 is 19.5 Å². The Labute approximate surface area is 99.8 Å². The number of amides is 1. The molecule has 1 heterocycles. The average molecular weight is 243 g/mol. The predicted octanol–water partition coefficient (Wildman–Crippen LogP) is -0.675. The minimum atomic E-state index is -0.847. The predicted molar refractivity (Wildman–Crippen MR) is 59.2 cm³/mol. The molecule has 0 saturated carbocycles. The monoisotopic (exact) mass is 243 g/mol. The number of ether oxygens (including phenoxy) is 2. The third kappa shape index (κ3) is 5.08. The zero-order chi connectivity index (χ0) is 12.7. The number of ketones is 1. The normalized spacial score (nSPS) is 19.1. The first kappa shape index (κ1) is 13.8. The van der Waals surface area contributed by atoms with Crippen molar-refractivity contribution < 1.29 is 24.2 Å². The Morgan fingerprint density at radius 3 is 2.71 bits per heavy atom. The number of carbonyl (C=O) groups is 2. The molecule has 0 aromatic rings. The second kappa shape index (κ2) is 7.16. The summed E-state index contributed by atoms with van der Waals surface area (Å²) in [6.07, 6.45) is 1.92. The maximum atomic E-state index is 11.2. The van der Waals surface area contributed by atoms with Crippen LogP contribution in [-0.4, -0.2) is 60.9 Å². The molecule has 0 saturated heterocycles. The van der Waals surface area contributed by atoms with E-state index >= 15 is 0 Å². The molecule has 0 aliphatic carbocycles. The third-order valence-corrected chi connectivity index (χ3v) is 2.17. The maximum Gasteiger partial charge on any atom is 0.248 e. The van der Waals surface area contributed by atoms with Crippen LogP contribution >= 0.6 is 0 Å². The lowest BCUT2D eigenvalue weighted by Gasteiger charge is -2.19. The maximum absolute atomic E-state index is 11.2. The van der Waals surface area contributed by atoms with Crippen molar-refractivity contribution in [3.63, 3.8) is 0 Å². The van der Waals surface area contributed by atoms with Gasteiger partial charge in [0.2, 0.25) is 5.91 Å². The van der Waals surface area contributed by atoms with Gasteiger partial charge >= 0.3 is 0 Å². The lowest BCUT2D eigenvalue weighted by atomic mass is 10.5. The van der Waals surface area contributed by atoms with E-state index in [1.54, 1.807) is 0 Å². The van der Waals surface area contributed by atoms with Gasteiger partial charge in [-0.15, -0.1) is 0 Å². The van der Waals surface area contributed by atoms with Crippen molar-refractivity contribution in [3.8, 4) is 0 Å². The van der Waals surface area contributed by atoms with Gasteiger partial charge in [-0.1, -0.05) is 0 Å². The Morgan fingerprint density at radius 2 is 2.12 bits per heavy atom. The number of nitrogens with zero attached hydrogens (tertiary/aromatic N) is 1. The molecule has 6 nitrogen and oxygen atoms in total. The summed E-state index contributed by atoms with van der Waals surface area (Å²) in [7, 11) is 0. The van der Waals surface area contributed by atoms with E-state index in [0.29, 0.717) is 26.4 Å². The van der Waals surface area contributed by atoms with Crippen LogP contribution in [0, 0.1) is 0 Å². The molecule has 1 rings (SSSR count). The van der Waals surface area contributed by atoms with Gasteiger partial charge in [-0.2, -0.15) is 0 Å². The van der Waals surface area contributed by atoms with E-state index in [-0.39, 0.29) is 18.3 Å². The zero-order valence-electron chi connectivity index (χ0n) is 9.80. The molecule has 0 aromatic carbocycles. The minimum absolute atomic E-state index is 0.0261. The van der Waals surface area contributed by atoms with Gasteiger partial charge in [0.1, 0.15) is 12.8 Å². The van der Waals surface area contributed by atoms with Gasteiger partial charge in [-0.05, 0) is 13.0 Å². The quantitative estimate of drug-likeness (QED) is 0.572. The summed E-state index contributed by atoms with van der Waals surface area (Å²) >= 11 is 0. The largest absolute Gasteiger partial charge is 0.377 e. The molecule has 0 aromatic heterocycles. The molecule has 1 N–H and O–H groups in total. The lowest BCUT2D eigenvalue weighted by molar-refractivity contribution is -0.132. The molecule has 17 heavy (non-hydrogen) atoms. The van der Waals surface area contributed by atoms with Crippen LogP contribution in [-0.2, 0) is 19.1 Å². The summed E-state index contributed by atoms with van der Waals surface area (Å²) < 4.78 is 10.2. The highest BCUT2D eigenvalue weighted by Crippen LogP contribution is 2.07. The summed E-state index contributed by atoms with van der Waals surface area (Å²) in [4.78, 5) is 23.0. The van der Waals surface area contributed by atoms with E-state index in [0.717, 1.165) is 0 Å². The molecule has 6 heteroatoms. The Bertz CT molecular complexity index is 302. The fourth-order valence-corrected chi connectivity index (χ4v) is 1.34. The van der Waals surface area contributed by atoms with Crippen LogP contribution in [0.4, 0.5) is 0 Å². The summed E-state index contributed by atoms with van der Waals surface area (Å²) in [5.74, 6) is -0.240. The van der Waals surface area contributed by atoms with Gasteiger partial charge in [0.25, 0.3) is 0 Å². The molecule has 1 atom stereocenters. The van der Waals surface area contributed by atoms with Crippen molar-refractivity contribution in [1.29, 1.82) is 0 Å². The highest BCUT2D eigenvalue weighted by atomic mass is 16.5. The molecule has 1 aliphatic rings. The number of aliphatic hydroxyl groups is 1. The number of aliphatic hydroxyl groups excluding tert-OH is 1. The van der Waals surface area contributed by atoms with Crippen LogP contribution in [0.25, 0.3) is 0 Å². The molecule has 0 spiro atoms. The standard InChI is InChI=1S/C11H17NO5/c1-9(13)8-17-7-6-16-5-4-12-10(14)2-3-11(12)15/h2-3,10,14H,4-8H2,1H3. The summed E-state index contributed by atoms with van der Waals surface area (Å²) in [5, 5.41) is 9.36. The fraction of sp³-hybridized carbons (Fsp3) is 0.636. The highest BCUT2D eigenvalue weighted by molar-refractivity contribution is 5.90. The molecule has 96 valence electrons. The van der Waals surface area contributed by atoms with Crippen molar-refractivity contribution >= 4 is 11.7 Å². The smallest absolute Gasteiger partial charge is 0.248 e. The van der Waals surface area contributed by atoms with Crippen LogP contribution in [0.5, 0.6) is 0 Å². The van der Waals surface area contributed by atoms with Gasteiger partial charge in [0.15, 0.2) is 5.78 Å². The molecule has 1 amide bonds. The van der Waals surface area contributed by atoms with Crippen molar-refractivity contribution in [2.75, 3.05) is 33.0 Å². The summed E-state index contributed by atoms with van der Waals surface area (Å²) in [6.45, 7) is 2.91. The fourth-order valence-electron chi connectivity index (χ4n) is 1.34. The average Bonchev–Trinajstić information content (AvgIpc) is 2.58. The van der Waals surface area contributed by atoms with Crippen LogP contribution in [0.15, 0.2) is 12.2 Å². The molecule has 1 aliphatic heterocycles. The first-order valence-electron chi connectivity index (χ1n) is 5.43. The van der Waals surface area contributed by atoms with E-state index in [4.69, 9.17) is 9.47 Å². The second-order valence-electron chi connectivity index (χ2n) is 3.67. The van der Waals surface area contributed by atoms with E-state index < -0.39 is 6.23 Å². The first-order chi connectivity index (χ1) is 8.11. The minimum Gasteiger partial charge on any atom is -0.377 e. The Hall–Kier alpha value is -1.24. The lowest BCUT2D eigenvalue weighted by Crippen LogP contribution is -2.36. The van der Waals surface area contributed by atoms with E-state index in [1.165, 1.54) is 24.0 Å². The van der Waals surface area contributed by atoms with Gasteiger partial charge in [0, 0.05) is 12.6 Å². The first-order valence-corrected chi connectivity index (χ1v) is 5.43. The van der Waals surface area contributed by atoms with Crippen molar-refractivity contribution in [3.05, 3.63) is 12.2 Å². The van der Waals surface area contributed by atoms with E-state index in [1.807, 2.05) is 0 Å². The number of hydrogen-bond donors (Lipinski definition) is 1. The van der Waals surface area contributed by atoms with E-state index in [9.17, 15) is 14.7 Å². The van der Waals surface area contributed by atoms with E-state index in [2.05, 4.69) is 0 Å². The van der Waals surface area contributed by atoms with Crippen LogP contribution in [0.3, 0.4) is 0 Å². The molecule has 0 radical (unpaired) electrons. The number of rotatable bonds is 8. The SMILES string of the molecule is CC(=O)COCCOCCN1C(=O)C=CC1O. The highest BCUT2D eigenvalue weighted by Gasteiger charge is 2.22. The molecular weight excluding hydrogens is 226 g/mol. The zero-order valence-corrected chi connectivity index (χ0v) is 9.80. The Kier molecular flexibility index (Phi) is 5.82. The number of Topliss-reactive ketones (excluding diaryl/α,β-unsaturated/α-hetero) is 1. The topological polar surface area (TPSA) is 76.1 Å². The van der Waals surface area contributed by atoms with Gasteiger partial charge in [0.05, 0.1) is 19.8 Å². The Morgan fingerprint density at radius 1 is 1.41 bits per heavy atom. The molecule has 1 unspecified atom stereocenters. The van der Waals surface area contributed by atoms with Crippen LogP contribution in [0.2, 0.25) is 0 Å². The number of carbonyl (C=O) groups excluding carboxylic acids is 2. The van der Waals surface area contributed by atoms with Crippen LogP contribution < -0.4 is 0 Å². The third-order valence-electron chi connectivity index (χ3n) is 2.17.